The predicted octanol–water partition coefficient (Wildman–Crippen LogP) is 5.10. The zero-order valence-electron chi connectivity index (χ0n) is 10.5. The third kappa shape index (κ3) is 2.99. The first kappa shape index (κ1) is 12.6. The first-order valence-electron chi connectivity index (χ1n) is 5.90. The molecule has 0 N–H and O–H groups in total. The van der Waals surface area contributed by atoms with Crippen molar-refractivity contribution in [1.29, 1.82) is 0 Å². The zero-order valence-corrected chi connectivity index (χ0v) is 10.5. The molecule has 1 aromatic heterocycles. The summed E-state index contributed by atoms with van der Waals surface area (Å²) in [6.45, 7) is 8.40. The van der Waals surface area contributed by atoms with Crippen LogP contribution in [0.25, 0.3) is 11.1 Å². The van der Waals surface area contributed by atoms with Gasteiger partial charge in [-0.1, -0.05) is 52.0 Å². The lowest BCUT2D eigenvalue weighted by Gasteiger charge is -2.05. The summed E-state index contributed by atoms with van der Waals surface area (Å²) in [7, 11) is 0. The van der Waals surface area contributed by atoms with Gasteiger partial charge in [0.25, 0.3) is 0 Å². The molecular weight excluding hydrogens is 196 g/mol. The first-order valence-corrected chi connectivity index (χ1v) is 5.90. The Labute approximate surface area is 98.1 Å². The van der Waals surface area contributed by atoms with Gasteiger partial charge in [-0.15, -0.1) is 0 Å². The van der Waals surface area contributed by atoms with Crippen LogP contribution in [0.3, 0.4) is 0 Å². The molecule has 0 saturated carbocycles. The minimum atomic E-state index is 0.591. The molecule has 0 aliphatic carbocycles. The highest BCUT2D eigenvalue weighted by atomic mass is 16.3. The van der Waals surface area contributed by atoms with E-state index in [-0.39, 0.29) is 0 Å². The van der Waals surface area contributed by atoms with Gasteiger partial charge in [-0.3, -0.25) is 0 Å². The minimum absolute atomic E-state index is 0.591. The number of benzene rings is 1. The second kappa shape index (κ2) is 6.16. The molecule has 0 unspecified atom stereocenters. The lowest BCUT2D eigenvalue weighted by atomic mass is 10.0. The van der Waals surface area contributed by atoms with Gasteiger partial charge in [-0.2, -0.15) is 0 Å². The Morgan fingerprint density at radius 1 is 0.875 bits per heavy atom. The van der Waals surface area contributed by atoms with Crippen LogP contribution in [-0.4, -0.2) is 0 Å². The van der Waals surface area contributed by atoms with Crippen LogP contribution in [0.15, 0.2) is 47.3 Å². The third-order valence-corrected chi connectivity index (χ3v) is 2.43. The first-order chi connectivity index (χ1) is 7.77. The number of hydrogen-bond donors (Lipinski definition) is 0. The Morgan fingerprint density at radius 3 is 1.94 bits per heavy atom. The molecule has 0 atom stereocenters. The Bertz CT molecular complexity index is 382. The molecular formula is C15H20O. The van der Waals surface area contributed by atoms with Gasteiger partial charge in [0.1, 0.15) is 0 Å². The quantitative estimate of drug-likeness (QED) is 0.681. The van der Waals surface area contributed by atoms with Crippen molar-refractivity contribution in [2.24, 2.45) is 0 Å². The van der Waals surface area contributed by atoms with Crippen molar-refractivity contribution in [3.63, 3.8) is 0 Å². The average Bonchev–Trinajstić information content (AvgIpc) is 2.85. The largest absolute Gasteiger partial charge is 0.472 e. The smallest absolute Gasteiger partial charge is 0.0980 e. The monoisotopic (exact) mass is 216 g/mol. The van der Waals surface area contributed by atoms with E-state index in [1.54, 1.807) is 12.5 Å². The highest BCUT2D eigenvalue weighted by Gasteiger charge is 2.01. The maximum Gasteiger partial charge on any atom is 0.0980 e. The lowest BCUT2D eigenvalue weighted by molar-refractivity contribution is 0.568. The second-order valence-electron chi connectivity index (χ2n) is 3.79. The minimum Gasteiger partial charge on any atom is -0.472 e. The predicted molar refractivity (Wildman–Crippen MR) is 69.6 cm³/mol. The van der Waals surface area contributed by atoms with Crippen LogP contribution in [0.5, 0.6) is 0 Å². The molecule has 2 aromatic rings. The molecule has 0 aliphatic rings. The lowest BCUT2D eigenvalue weighted by Crippen LogP contribution is -1.85. The molecule has 86 valence electrons. The molecule has 1 heteroatoms. The fraction of sp³-hybridized carbons (Fsp3) is 0.333. The van der Waals surface area contributed by atoms with E-state index in [2.05, 4.69) is 38.1 Å². The van der Waals surface area contributed by atoms with Gasteiger partial charge in [0.15, 0.2) is 0 Å². The Hall–Kier alpha value is -1.50. The van der Waals surface area contributed by atoms with Crippen molar-refractivity contribution >= 4 is 0 Å². The molecule has 1 heterocycles. The van der Waals surface area contributed by atoms with Crippen LogP contribution in [0, 0.1) is 0 Å². The molecule has 1 aromatic carbocycles. The van der Waals surface area contributed by atoms with Crippen molar-refractivity contribution in [2.45, 2.75) is 33.6 Å². The third-order valence-electron chi connectivity index (χ3n) is 2.43. The number of hydrogen-bond acceptors (Lipinski definition) is 1. The fourth-order valence-corrected chi connectivity index (χ4v) is 1.49. The summed E-state index contributed by atoms with van der Waals surface area (Å²) in [6.07, 6.45) is 3.47. The van der Waals surface area contributed by atoms with E-state index >= 15 is 0 Å². The van der Waals surface area contributed by atoms with Crippen LogP contribution in [-0.2, 0) is 0 Å². The van der Waals surface area contributed by atoms with Crippen LogP contribution < -0.4 is 0 Å². The molecule has 0 radical (unpaired) electrons. The Kier molecular flexibility index (Phi) is 4.84. The van der Waals surface area contributed by atoms with E-state index in [1.807, 2.05) is 19.9 Å². The van der Waals surface area contributed by atoms with Gasteiger partial charge in [-0.25, -0.2) is 0 Å². The van der Waals surface area contributed by atoms with E-state index < -0.39 is 0 Å². The van der Waals surface area contributed by atoms with E-state index in [9.17, 15) is 0 Å². The van der Waals surface area contributed by atoms with Gasteiger partial charge in [0.2, 0.25) is 0 Å². The maximum atomic E-state index is 5.05. The summed E-state index contributed by atoms with van der Waals surface area (Å²) in [4.78, 5) is 0. The zero-order chi connectivity index (χ0) is 12.0. The molecule has 0 amide bonds. The summed E-state index contributed by atoms with van der Waals surface area (Å²) in [5, 5.41) is 0. The molecule has 0 fully saturated rings. The molecule has 0 spiro atoms. The summed E-state index contributed by atoms with van der Waals surface area (Å²) in [5.41, 5.74) is 3.72. The van der Waals surface area contributed by atoms with Crippen molar-refractivity contribution in [1.82, 2.24) is 0 Å². The van der Waals surface area contributed by atoms with Gasteiger partial charge < -0.3 is 4.42 Å². The van der Waals surface area contributed by atoms with Gasteiger partial charge >= 0.3 is 0 Å². The highest BCUT2D eigenvalue weighted by Crippen LogP contribution is 2.22. The maximum absolute atomic E-state index is 5.05. The van der Waals surface area contributed by atoms with Crippen molar-refractivity contribution in [3.05, 3.63) is 48.4 Å². The average molecular weight is 216 g/mol. The van der Waals surface area contributed by atoms with Gasteiger partial charge in [0.05, 0.1) is 12.5 Å². The molecule has 16 heavy (non-hydrogen) atoms. The number of rotatable bonds is 2. The molecule has 1 nitrogen and oxygen atoms in total. The molecule has 2 rings (SSSR count). The van der Waals surface area contributed by atoms with Crippen LogP contribution in [0.2, 0.25) is 0 Å². The Balaban J connectivity index is 0.000000606. The topological polar surface area (TPSA) is 13.1 Å². The van der Waals surface area contributed by atoms with E-state index in [0.29, 0.717) is 5.92 Å². The number of furan rings is 1. The standard InChI is InChI=1S/C13H14O.C2H6/c1-10(2)11-3-5-12(6-4-11)13-7-8-14-9-13;1-2/h3-10H,1-2H3;1-2H3. The summed E-state index contributed by atoms with van der Waals surface area (Å²) in [5.74, 6) is 0.591. The van der Waals surface area contributed by atoms with Crippen LogP contribution in [0.1, 0.15) is 39.2 Å². The van der Waals surface area contributed by atoms with E-state index in [4.69, 9.17) is 4.42 Å². The van der Waals surface area contributed by atoms with Crippen molar-refractivity contribution in [3.8, 4) is 11.1 Å². The summed E-state index contributed by atoms with van der Waals surface area (Å²) >= 11 is 0. The summed E-state index contributed by atoms with van der Waals surface area (Å²) < 4.78 is 5.05. The van der Waals surface area contributed by atoms with Crippen molar-refractivity contribution < 1.29 is 4.42 Å². The summed E-state index contributed by atoms with van der Waals surface area (Å²) in [6, 6.07) is 10.6. The molecule has 0 bridgehead atoms. The van der Waals surface area contributed by atoms with E-state index in [0.717, 1.165) is 5.56 Å². The normalized spacial score (nSPS) is 9.81. The van der Waals surface area contributed by atoms with Crippen molar-refractivity contribution in [2.75, 3.05) is 0 Å². The van der Waals surface area contributed by atoms with Crippen LogP contribution >= 0.6 is 0 Å². The second-order valence-corrected chi connectivity index (χ2v) is 3.79. The highest BCUT2D eigenvalue weighted by molar-refractivity contribution is 5.62. The molecule has 0 aliphatic heterocycles. The fourth-order valence-electron chi connectivity index (χ4n) is 1.49. The van der Waals surface area contributed by atoms with Crippen LogP contribution in [0.4, 0.5) is 0 Å². The molecule has 0 saturated heterocycles. The Morgan fingerprint density at radius 2 is 1.50 bits per heavy atom. The van der Waals surface area contributed by atoms with Gasteiger partial charge in [0, 0.05) is 5.56 Å². The SMILES string of the molecule is CC.CC(C)c1ccc(-c2ccoc2)cc1. The van der Waals surface area contributed by atoms with E-state index in [1.165, 1.54) is 11.1 Å². The van der Waals surface area contributed by atoms with Gasteiger partial charge in [-0.05, 0) is 23.1 Å².